The van der Waals surface area contributed by atoms with Crippen LogP contribution in [0.1, 0.15) is 38.2 Å². The lowest BCUT2D eigenvalue weighted by atomic mass is 10.1. The highest BCUT2D eigenvalue weighted by molar-refractivity contribution is 5.86. The zero-order valence-corrected chi connectivity index (χ0v) is 8.90. The van der Waals surface area contributed by atoms with E-state index >= 15 is 0 Å². The molecule has 0 aliphatic carbocycles. The first-order chi connectivity index (χ1) is 6.45. The van der Waals surface area contributed by atoms with Crippen molar-refractivity contribution in [1.82, 2.24) is 5.16 Å². The Kier molecular flexibility index (Phi) is 2.88. The van der Waals surface area contributed by atoms with E-state index in [2.05, 4.69) is 5.16 Å². The summed E-state index contributed by atoms with van der Waals surface area (Å²) in [7, 11) is 0. The standard InChI is InChI=1S/C9H15N2O3/c1-5-13-8(12)7-6-11(14-10-7)9(2,3)4/h6H,5H2,1-4H3/q+1. The summed E-state index contributed by atoms with van der Waals surface area (Å²) in [5.41, 5.74) is -0.0284. The monoisotopic (exact) mass is 199 g/mol. The zero-order chi connectivity index (χ0) is 10.8. The summed E-state index contributed by atoms with van der Waals surface area (Å²) in [5, 5.41) is 3.61. The minimum absolute atomic E-state index is 0.196. The van der Waals surface area contributed by atoms with Crippen molar-refractivity contribution in [2.24, 2.45) is 0 Å². The zero-order valence-electron chi connectivity index (χ0n) is 8.90. The van der Waals surface area contributed by atoms with E-state index in [-0.39, 0.29) is 11.2 Å². The van der Waals surface area contributed by atoms with Crippen LogP contribution in [0, 0.1) is 0 Å². The van der Waals surface area contributed by atoms with Gasteiger partial charge in [0, 0.05) is 0 Å². The normalized spacial score (nSPS) is 11.4. The van der Waals surface area contributed by atoms with Crippen molar-refractivity contribution in [3.05, 3.63) is 11.9 Å². The largest absolute Gasteiger partial charge is 0.459 e. The van der Waals surface area contributed by atoms with Crippen LogP contribution in [0.25, 0.3) is 0 Å². The van der Waals surface area contributed by atoms with E-state index in [9.17, 15) is 4.79 Å². The van der Waals surface area contributed by atoms with Crippen molar-refractivity contribution in [3.8, 4) is 0 Å². The quantitative estimate of drug-likeness (QED) is 0.524. The fourth-order valence-corrected chi connectivity index (χ4v) is 0.857. The Morgan fingerprint density at radius 1 is 1.64 bits per heavy atom. The third kappa shape index (κ3) is 2.31. The number of rotatable bonds is 2. The predicted molar refractivity (Wildman–Crippen MR) is 47.7 cm³/mol. The van der Waals surface area contributed by atoms with Gasteiger partial charge in [0.1, 0.15) is 5.54 Å². The number of hydrogen-bond donors (Lipinski definition) is 0. The molecular weight excluding hydrogens is 184 g/mol. The molecule has 0 radical (unpaired) electrons. The number of aromatic nitrogens is 2. The molecule has 1 aromatic heterocycles. The van der Waals surface area contributed by atoms with E-state index in [0.29, 0.717) is 6.61 Å². The summed E-state index contributed by atoms with van der Waals surface area (Å²) >= 11 is 0. The molecule has 0 aromatic carbocycles. The van der Waals surface area contributed by atoms with Gasteiger partial charge in [0.25, 0.3) is 0 Å². The first-order valence-electron chi connectivity index (χ1n) is 4.51. The number of carbonyl (C=O) groups excluding carboxylic acids is 1. The number of hydrogen-bond acceptors (Lipinski definition) is 4. The Labute approximate surface area is 82.6 Å². The van der Waals surface area contributed by atoms with Gasteiger partial charge in [-0.15, -0.1) is 0 Å². The Balaban J connectivity index is 2.83. The molecule has 0 saturated carbocycles. The highest BCUT2D eigenvalue weighted by Crippen LogP contribution is 2.04. The van der Waals surface area contributed by atoms with Crippen LogP contribution in [0.15, 0.2) is 10.8 Å². The molecule has 0 saturated heterocycles. The molecule has 5 nitrogen and oxygen atoms in total. The SMILES string of the molecule is CCOC(=O)c1c[n+](C(C)(C)C)on1. The Bertz CT molecular complexity index is 325. The van der Waals surface area contributed by atoms with Crippen LogP contribution in [0.4, 0.5) is 0 Å². The molecular formula is C9H15N2O3+. The van der Waals surface area contributed by atoms with E-state index in [1.165, 1.54) is 10.9 Å². The van der Waals surface area contributed by atoms with Crippen LogP contribution in [0.2, 0.25) is 0 Å². The lowest BCUT2D eigenvalue weighted by molar-refractivity contribution is -0.914. The summed E-state index contributed by atoms with van der Waals surface area (Å²) < 4.78 is 11.3. The van der Waals surface area contributed by atoms with Crippen molar-refractivity contribution in [3.63, 3.8) is 0 Å². The van der Waals surface area contributed by atoms with Crippen LogP contribution in [-0.4, -0.2) is 17.7 Å². The topological polar surface area (TPSA) is 56.2 Å². The molecule has 0 aliphatic rings. The van der Waals surface area contributed by atoms with E-state index in [4.69, 9.17) is 9.37 Å². The van der Waals surface area contributed by atoms with Crippen molar-refractivity contribution >= 4 is 5.97 Å². The molecule has 0 atom stereocenters. The highest BCUT2D eigenvalue weighted by Gasteiger charge is 2.28. The molecule has 0 spiro atoms. The van der Waals surface area contributed by atoms with Crippen LogP contribution < -0.4 is 4.74 Å². The minimum atomic E-state index is -0.459. The van der Waals surface area contributed by atoms with Gasteiger partial charge in [0.15, 0.2) is 11.4 Å². The van der Waals surface area contributed by atoms with E-state index < -0.39 is 5.97 Å². The number of ether oxygens (including phenoxy) is 1. The number of esters is 1. The van der Waals surface area contributed by atoms with Crippen molar-refractivity contribution in [1.29, 1.82) is 0 Å². The molecule has 0 N–H and O–H groups in total. The summed E-state index contributed by atoms with van der Waals surface area (Å²) in [5.74, 6) is -0.459. The van der Waals surface area contributed by atoms with E-state index in [1.807, 2.05) is 20.8 Å². The fourth-order valence-electron chi connectivity index (χ4n) is 0.857. The molecule has 0 aliphatic heterocycles. The van der Waals surface area contributed by atoms with E-state index in [0.717, 1.165) is 0 Å². The molecule has 14 heavy (non-hydrogen) atoms. The first kappa shape index (κ1) is 10.7. The van der Waals surface area contributed by atoms with Gasteiger partial charge in [-0.2, -0.15) is 0 Å². The van der Waals surface area contributed by atoms with Crippen molar-refractivity contribution in [2.75, 3.05) is 6.61 Å². The van der Waals surface area contributed by atoms with Crippen LogP contribution in [0.3, 0.4) is 0 Å². The number of carbonyl (C=O) groups is 1. The minimum Gasteiger partial charge on any atom is -0.459 e. The Hall–Kier alpha value is -1.39. The maximum Gasteiger partial charge on any atom is 0.391 e. The average molecular weight is 199 g/mol. The molecule has 0 fully saturated rings. The molecule has 0 bridgehead atoms. The van der Waals surface area contributed by atoms with Gasteiger partial charge >= 0.3 is 11.7 Å². The molecule has 0 amide bonds. The Morgan fingerprint density at radius 2 is 2.29 bits per heavy atom. The van der Waals surface area contributed by atoms with Crippen LogP contribution >= 0.6 is 0 Å². The lowest BCUT2D eigenvalue weighted by Crippen LogP contribution is -2.48. The molecule has 78 valence electrons. The molecule has 0 unspecified atom stereocenters. The van der Waals surface area contributed by atoms with Crippen molar-refractivity contribution in [2.45, 2.75) is 33.2 Å². The lowest BCUT2D eigenvalue weighted by Gasteiger charge is -2.08. The van der Waals surface area contributed by atoms with Gasteiger partial charge in [0.05, 0.1) is 6.61 Å². The maximum absolute atomic E-state index is 11.2. The summed E-state index contributed by atoms with van der Waals surface area (Å²) in [6, 6.07) is 0. The molecule has 5 heteroatoms. The third-order valence-corrected chi connectivity index (χ3v) is 1.61. The second kappa shape index (κ2) is 3.77. The number of nitrogens with zero attached hydrogens (tertiary/aromatic N) is 2. The van der Waals surface area contributed by atoms with Gasteiger partial charge in [-0.3, -0.25) is 0 Å². The Morgan fingerprint density at radius 3 is 2.71 bits per heavy atom. The van der Waals surface area contributed by atoms with Crippen molar-refractivity contribution < 1.29 is 18.9 Å². The van der Waals surface area contributed by atoms with E-state index in [1.54, 1.807) is 6.92 Å². The van der Waals surface area contributed by atoms with Gasteiger partial charge in [-0.05, 0) is 27.7 Å². The molecule has 1 rings (SSSR count). The summed E-state index contributed by atoms with van der Waals surface area (Å²) in [4.78, 5) is 11.2. The molecule has 1 aromatic rings. The summed E-state index contributed by atoms with van der Waals surface area (Å²) in [6.45, 7) is 7.93. The maximum atomic E-state index is 11.2. The average Bonchev–Trinajstić information content (AvgIpc) is 2.51. The molecule has 1 heterocycles. The third-order valence-electron chi connectivity index (χ3n) is 1.61. The fraction of sp³-hybridized carbons (Fsp3) is 0.667. The smallest absolute Gasteiger partial charge is 0.391 e. The van der Waals surface area contributed by atoms with Crippen LogP contribution in [-0.2, 0) is 10.3 Å². The van der Waals surface area contributed by atoms with Gasteiger partial charge in [-0.25, -0.2) is 4.79 Å². The second-order valence-electron chi connectivity index (χ2n) is 3.90. The highest BCUT2D eigenvalue weighted by atomic mass is 16.6. The predicted octanol–water partition coefficient (Wildman–Crippen LogP) is 0.894. The van der Waals surface area contributed by atoms with Gasteiger partial charge in [-0.1, -0.05) is 9.37 Å². The summed E-state index contributed by atoms with van der Waals surface area (Å²) in [6.07, 6.45) is 1.54. The first-order valence-corrected chi connectivity index (χ1v) is 4.51. The van der Waals surface area contributed by atoms with Gasteiger partial charge in [0.2, 0.25) is 0 Å². The van der Waals surface area contributed by atoms with Gasteiger partial charge < -0.3 is 4.74 Å². The van der Waals surface area contributed by atoms with Crippen LogP contribution in [0.5, 0.6) is 0 Å². The second-order valence-corrected chi connectivity index (χ2v) is 3.90.